The van der Waals surface area contributed by atoms with Crippen LogP contribution < -0.4 is 5.32 Å². The highest BCUT2D eigenvalue weighted by atomic mass is 79.9. The molecule has 2 aromatic rings. The molecule has 0 unspecified atom stereocenters. The van der Waals surface area contributed by atoms with Crippen molar-refractivity contribution in [2.75, 3.05) is 13.1 Å². The molecule has 0 radical (unpaired) electrons. The zero-order chi connectivity index (χ0) is 19.4. The van der Waals surface area contributed by atoms with Crippen LogP contribution in [0.15, 0.2) is 57.9 Å². The van der Waals surface area contributed by atoms with E-state index in [1.165, 1.54) is 24.3 Å². The maximum Gasteiger partial charge on any atom is 0.293 e. The lowest BCUT2D eigenvalue weighted by atomic mass is 10.2. The van der Waals surface area contributed by atoms with Gasteiger partial charge in [-0.15, -0.1) is 0 Å². The minimum absolute atomic E-state index is 0.0746. The molecular formula is C19H14BrFN2O3S. The van der Waals surface area contributed by atoms with Crippen LogP contribution in [0, 0.1) is 5.82 Å². The molecule has 1 fully saturated rings. The van der Waals surface area contributed by atoms with Gasteiger partial charge in [0.05, 0.1) is 4.91 Å². The number of thioether (sulfide) groups is 1. The highest BCUT2D eigenvalue weighted by Gasteiger charge is 2.34. The molecule has 1 saturated heterocycles. The van der Waals surface area contributed by atoms with Crippen LogP contribution in [-0.2, 0) is 4.79 Å². The van der Waals surface area contributed by atoms with Crippen molar-refractivity contribution in [1.82, 2.24) is 10.2 Å². The summed E-state index contributed by atoms with van der Waals surface area (Å²) in [6.07, 6.45) is 1.55. The smallest absolute Gasteiger partial charge is 0.293 e. The lowest BCUT2D eigenvalue weighted by Gasteiger charge is -2.13. The Morgan fingerprint density at radius 2 is 1.93 bits per heavy atom. The zero-order valence-corrected chi connectivity index (χ0v) is 16.3. The van der Waals surface area contributed by atoms with Crippen LogP contribution in [0.25, 0.3) is 6.08 Å². The molecule has 2 aromatic carbocycles. The lowest BCUT2D eigenvalue weighted by molar-refractivity contribution is -0.122. The standard InChI is InChI=1S/C19H14BrFN2O3S/c20-14-3-1-2-13(11-14)17(24)22-8-9-23-18(25)16(27-19(23)26)10-12-4-6-15(21)7-5-12/h1-7,10-11H,8-9H2,(H,22,24)/b16-10-. The summed E-state index contributed by atoms with van der Waals surface area (Å²) in [4.78, 5) is 37.9. The van der Waals surface area contributed by atoms with Crippen molar-refractivity contribution >= 4 is 50.8 Å². The second-order valence-corrected chi connectivity index (χ2v) is 7.56. The van der Waals surface area contributed by atoms with Crippen LogP contribution in [0.4, 0.5) is 9.18 Å². The first kappa shape index (κ1) is 19.3. The normalized spacial score (nSPS) is 15.5. The Morgan fingerprint density at radius 1 is 1.19 bits per heavy atom. The lowest BCUT2D eigenvalue weighted by Crippen LogP contribution is -2.37. The van der Waals surface area contributed by atoms with E-state index in [1.54, 1.807) is 24.3 Å². The topological polar surface area (TPSA) is 66.5 Å². The molecule has 0 saturated carbocycles. The molecule has 0 aromatic heterocycles. The molecule has 0 aliphatic carbocycles. The summed E-state index contributed by atoms with van der Waals surface area (Å²) in [5, 5.41) is 2.29. The fourth-order valence-corrected chi connectivity index (χ4v) is 3.68. The van der Waals surface area contributed by atoms with Gasteiger partial charge in [0.25, 0.3) is 17.1 Å². The number of hydrogen-bond acceptors (Lipinski definition) is 4. The van der Waals surface area contributed by atoms with Crippen molar-refractivity contribution < 1.29 is 18.8 Å². The summed E-state index contributed by atoms with van der Waals surface area (Å²) in [5.74, 6) is -1.09. The predicted octanol–water partition coefficient (Wildman–Crippen LogP) is 4.05. The van der Waals surface area contributed by atoms with Crippen LogP contribution in [0.5, 0.6) is 0 Å². The van der Waals surface area contributed by atoms with E-state index >= 15 is 0 Å². The number of nitrogens with zero attached hydrogens (tertiary/aromatic N) is 1. The van der Waals surface area contributed by atoms with Gasteiger partial charge < -0.3 is 5.32 Å². The van der Waals surface area contributed by atoms with Gasteiger partial charge in [-0.3, -0.25) is 19.3 Å². The van der Waals surface area contributed by atoms with Crippen molar-refractivity contribution in [3.05, 3.63) is 74.9 Å². The number of carbonyl (C=O) groups is 3. The SMILES string of the molecule is O=C(NCCN1C(=O)S/C(=C\c2ccc(F)cc2)C1=O)c1cccc(Br)c1. The van der Waals surface area contributed by atoms with Gasteiger partial charge in [0.1, 0.15) is 5.82 Å². The number of carbonyl (C=O) groups excluding carboxylic acids is 3. The van der Waals surface area contributed by atoms with Gasteiger partial charge in [0.2, 0.25) is 0 Å². The van der Waals surface area contributed by atoms with Gasteiger partial charge in [-0.2, -0.15) is 0 Å². The first-order chi connectivity index (χ1) is 12.9. The van der Waals surface area contributed by atoms with E-state index in [2.05, 4.69) is 21.2 Å². The zero-order valence-electron chi connectivity index (χ0n) is 13.9. The van der Waals surface area contributed by atoms with Gasteiger partial charge in [0, 0.05) is 23.1 Å². The maximum atomic E-state index is 13.0. The molecule has 8 heteroatoms. The largest absolute Gasteiger partial charge is 0.350 e. The summed E-state index contributed by atoms with van der Waals surface area (Å²) in [6, 6.07) is 12.5. The van der Waals surface area contributed by atoms with Crippen LogP contribution >= 0.6 is 27.7 Å². The van der Waals surface area contributed by atoms with E-state index in [4.69, 9.17) is 0 Å². The highest BCUT2D eigenvalue weighted by molar-refractivity contribution is 9.10. The van der Waals surface area contributed by atoms with Gasteiger partial charge in [-0.1, -0.05) is 34.1 Å². The molecule has 27 heavy (non-hydrogen) atoms. The minimum Gasteiger partial charge on any atom is -0.350 e. The number of imide groups is 1. The molecule has 0 atom stereocenters. The second-order valence-electron chi connectivity index (χ2n) is 5.65. The average Bonchev–Trinajstić information content (AvgIpc) is 2.91. The number of amides is 3. The molecule has 1 aliphatic heterocycles. The molecule has 5 nitrogen and oxygen atoms in total. The molecular weight excluding hydrogens is 435 g/mol. The van der Waals surface area contributed by atoms with E-state index in [9.17, 15) is 18.8 Å². The summed E-state index contributed by atoms with van der Waals surface area (Å²) in [6.45, 7) is 0.221. The molecule has 1 aliphatic rings. The Morgan fingerprint density at radius 3 is 2.63 bits per heavy atom. The first-order valence-electron chi connectivity index (χ1n) is 7.99. The highest BCUT2D eigenvalue weighted by Crippen LogP contribution is 2.31. The van der Waals surface area contributed by atoms with Crippen LogP contribution in [0.1, 0.15) is 15.9 Å². The maximum absolute atomic E-state index is 13.0. The molecule has 3 rings (SSSR count). The van der Waals surface area contributed by atoms with Crippen molar-refractivity contribution in [3.8, 4) is 0 Å². The monoisotopic (exact) mass is 448 g/mol. The third kappa shape index (κ3) is 4.84. The summed E-state index contributed by atoms with van der Waals surface area (Å²) < 4.78 is 13.7. The number of nitrogens with one attached hydrogen (secondary N) is 1. The van der Waals surface area contributed by atoms with E-state index in [0.29, 0.717) is 11.1 Å². The Bertz CT molecular complexity index is 931. The van der Waals surface area contributed by atoms with Crippen molar-refractivity contribution in [3.63, 3.8) is 0 Å². The van der Waals surface area contributed by atoms with Crippen LogP contribution in [0.3, 0.4) is 0 Å². The van der Waals surface area contributed by atoms with Crippen molar-refractivity contribution in [1.29, 1.82) is 0 Å². The third-order valence-electron chi connectivity index (χ3n) is 3.75. The Hall–Kier alpha value is -2.45. The van der Waals surface area contributed by atoms with Gasteiger partial charge in [0.15, 0.2) is 0 Å². The van der Waals surface area contributed by atoms with Crippen LogP contribution in [-0.4, -0.2) is 35.0 Å². The molecule has 0 spiro atoms. The van der Waals surface area contributed by atoms with Gasteiger partial charge >= 0.3 is 0 Å². The average molecular weight is 449 g/mol. The second kappa shape index (κ2) is 8.49. The molecule has 1 heterocycles. The van der Waals surface area contributed by atoms with Gasteiger partial charge in [-0.05, 0) is 53.7 Å². The summed E-state index contributed by atoms with van der Waals surface area (Å²) >= 11 is 4.12. The Labute approximate surface area is 167 Å². The van der Waals surface area contributed by atoms with Crippen molar-refractivity contribution in [2.45, 2.75) is 0 Å². The Kier molecular flexibility index (Phi) is 6.08. The van der Waals surface area contributed by atoms with Crippen LogP contribution in [0.2, 0.25) is 0 Å². The fourth-order valence-electron chi connectivity index (χ4n) is 2.42. The molecule has 0 bridgehead atoms. The Balaban J connectivity index is 1.59. The summed E-state index contributed by atoms with van der Waals surface area (Å²) in [7, 11) is 0. The van der Waals surface area contributed by atoms with Gasteiger partial charge in [-0.25, -0.2) is 4.39 Å². The van der Waals surface area contributed by atoms with E-state index in [-0.39, 0.29) is 29.7 Å². The molecule has 1 N–H and O–H groups in total. The van der Waals surface area contributed by atoms with E-state index in [1.807, 2.05) is 6.07 Å². The molecule has 3 amide bonds. The summed E-state index contributed by atoms with van der Waals surface area (Å²) in [5.41, 5.74) is 1.11. The number of halogens is 2. The fraction of sp³-hybridized carbons (Fsp3) is 0.105. The third-order valence-corrected chi connectivity index (χ3v) is 5.15. The first-order valence-corrected chi connectivity index (χ1v) is 9.60. The van der Waals surface area contributed by atoms with E-state index < -0.39 is 11.1 Å². The molecule has 138 valence electrons. The number of hydrogen-bond donors (Lipinski definition) is 1. The quantitative estimate of drug-likeness (QED) is 0.700. The van der Waals surface area contributed by atoms with E-state index in [0.717, 1.165) is 21.1 Å². The predicted molar refractivity (Wildman–Crippen MR) is 106 cm³/mol. The van der Waals surface area contributed by atoms with Crippen molar-refractivity contribution in [2.24, 2.45) is 0 Å². The minimum atomic E-state index is -0.425. The number of rotatable bonds is 5. The number of benzene rings is 2.